The minimum atomic E-state index is -0.412. The summed E-state index contributed by atoms with van der Waals surface area (Å²) in [5.74, 6) is 4.95. The molecule has 0 heterocycles. The van der Waals surface area contributed by atoms with Gasteiger partial charge in [-0.1, -0.05) is 24.0 Å². The van der Waals surface area contributed by atoms with Gasteiger partial charge in [0.15, 0.2) is 0 Å². The van der Waals surface area contributed by atoms with Crippen molar-refractivity contribution in [1.82, 2.24) is 0 Å². The van der Waals surface area contributed by atoms with Crippen LogP contribution in [0.4, 0.5) is 8.78 Å². The third-order valence-corrected chi connectivity index (χ3v) is 2.58. The van der Waals surface area contributed by atoms with Crippen LogP contribution in [0.5, 0.6) is 5.75 Å². The lowest BCUT2D eigenvalue weighted by atomic mass is 10.1. The van der Waals surface area contributed by atoms with Crippen LogP contribution in [0, 0.1) is 23.5 Å². The lowest BCUT2D eigenvalue weighted by molar-refractivity contribution is 0.298. The van der Waals surface area contributed by atoms with Gasteiger partial charge < -0.3 is 10.5 Å². The van der Waals surface area contributed by atoms with E-state index in [9.17, 15) is 8.78 Å². The van der Waals surface area contributed by atoms with E-state index in [4.69, 9.17) is 10.5 Å². The Kier molecular flexibility index (Phi) is 4.70. The van der Waals surface area contributed by atoms with Crippen LogP contribution in [-0.2, 0) is 6.61 Å². The van der Waals surface area contributed by atoms with Crippen LogP contribution >= 0.6 is 0 Å². The Bertz CT molecular complexity index is 659. The highest BCUT2D eigenvalue weighted by Crippen LogP contribution is 2.16. The second-order valence-electron chi connectivity index (χ2n) is 4.06. The second-order valence-corrected chi connectivity index (χ2v) is 4.06. The third kappa shape index (κ3) is 3.81. The molecule has 2 aromatic carbocycles. The van der Waals surface area contributed by atoms with E-state index < -0.39 is 11.6 Å². The molecule has 0 spiro atoms. The van der Waals surface area contributed by atoms with Crippen LogP contribution in [0.2, 0.25) is 0 Å². The Morgan fingerprint density at radius 1 is 1.10 bits per heavy atom. The SMILES string of the molecule is NCC#Cc1ccc(COc2cccc(F)c2)c(F)c1. The monoisotopic (exact) mass is 273 g/mol. The average molecular weight is 273 g/mol. The van der Waals surface area contributed by atoms with Crippen molar-refractivity contribution in [3.8, 4) is 17.6 Å². The number of halogens is 2. The van der Waals surface area contributed by atoms with Gasteiger partial charge in [0.2, 0.25) is 0 Å². The van der Waals surface area contributed by atoms with Gasteiger partial charge in [0.1, 0.15) is 24.0 Å². The molecule has 0 aliphatic carbocycles. The highest BCUT2D eigenvalue weighted by Gasteiger charge is 2.04. The van der Waals surface area contributed by atoms with Crippen LogP contribution in [0.3, 0.4) is 0 Å². The number of hydrogen-bond donors (Lipinski definition) is 1. The fourth-order valence-corrected chi connectivity index (χ4v) is 1.61. The molecule has 0 radical (unpaired) electrons. The van der Waals surface area contributed by atoms with Gasteiger partial charge in [0, 0.05) is 17.2 Å². The molecule has 0 amide bonds. The molecule has 0 bridgehead atoms. The first-order chi connectivity index (χ1) is 9.69. The molecule has 102 valence electrons. The fourth-order valence-electron chi connectivity index (χ4n) is 1.61. The standard InChI is InChI=1S/C16H13F2NO/c17-14-4-1-5-15(10-14)20-11-13-7-6-12(3-2-8-19)9-16(13)18/h1,4-7,9-10H,8,11,19H2. The molecule has 0 aliphatic heterocycles. The van der Waals surface area contributed by atoms with Gasteiger partial charge >= 0.3 is 0 Å². The highest BCUT2D eigenvalue weighted by molar-refractivity contribution is 5.37. The molecule has 2 rings (SSSR count). The largest absolute Gasteiger partial charge is 0.489 e. The molecule has 0 saturated carbocycles. The van der Waals surface area contributed by atoms with Gasteiger partial charge in [-0.2, -0.15) is 0 Å². The van der Waals surface area contributed by atoms with E-state index in [1.807, 2.05) is 0 Å². The summed E-state index contributed by atoms with van der Waals surface area (Å²) in [7, 11) is 0. The smallest absolute Gasteiger partial charge is 0.131 e. The summed E-state index contributed by atoms with van der Waals surface area (Å²) in [6, 6.07) is 10.3. The molecule has 0 aromatic heterocycles. The molecule has 0 aliphatic rings. The van der Waals surface area contributed by atoms with Crippen LogP contribution in [0.1, 0.15) is 11.1 Å². The molecule has 2 aromatic rings. The lowest BCUT2D eigenvalue weighted by Gasteiger charge is -2.07. The molecule has 0 unspecified atom stereocenters. The molecule has 4 heteroatoms. The van der Waals surface area contributed by atoms with E-state index in [-0.39, 0.29) is 13.2 Å². The van der Waals surface area contributed by atoms with Gasteiger partial charge in [-0.15, -0.1) is 0 Å². The van der Waals surface area contributed by atoms with E-state index >= 15 is 0 Å². The Balaban J connectivity index is 2.06. The predicted molar refractivity (Wildman–Crippen MR) is 73.1 cm³/mol. The molecule has 2 nitrogen and oxygen atoms in total. The number of hydrogen-bond acceptors (Lipinski definition) is 2. The summed E-state index contributed by atoms with van der Waals surface area (Å²) < 4.78 is 32.1. The maximum atomic E-state index is 13.8. The molecular weight excluding hydrogens is 260 g/mol. The fraction of sp³-hybridized carbons (Fsp3) is 0.125. The van der Waals surface area contributed by atoms with Crippen LogP contribution in [0.25, 0.3) is 0 Å². The van der Waals surface area contributed by atoms with Crippen molar-refractivity contribution in [2.45, 2.75) is 6.61 Å². The first-order valence-electron chi connectivity index (χ1n) is 6.05. The van der Waals surface area contributed by atoms with E-state index in [1.54, 1.807) is 18.2 Å². The zero-order valence-corrected chi connectivity index (χ0v) is 10.7. The van der Waals surface area contributed by atoms with E-state index in [2.05, 4.69) is 11.8 Å². The van der Waals surface area contributed by atoms with Crippen molar-refractivity contribution < 1.29 is 13.5 Å². The molecular formula is C16H13F2NO. The normalized spacial score (nSPS) is 9.75. The summed E-state index contributed by atoms with van der Waals surface area (Å²) in [6.07, 6.45) is 0. The molecule has 20 heavy (non-hydrogen) atoms. The van der Waals surface area contributed by atoms with Gasteiger partial charge in [-0.05, 0) is 24.3 Å². The molecule has 0 saturated heterocycles. The Morgan fingerprint density at radius 2 is 1.95 bits per heavy atom. The van der Waals surface area contributed by atoms with Crippen LogP contribution in [-0.4, -0.2) is 6.54 Å². The number of nitrogens with two attached hydrogens (primary N) is 1. The van der Waals surface area contributed by atoms with Crippen molar-refractivity contribution in [1.29, 1.82) is 0 Å². The molecule has 0 atom stereocenters. The second kappa shape index (κ2) is 6.69. The van der Waals surface area contributed by atoms with Crippen molar-refractivity contribution in [2.75, 3.05) is 6.54 Å². The van der Waals surface area contributed by atoms with Gasteiger partial charge in [-0.25, -0.2) is 8.78 Å². The van der Waals surface area contributed by atoms with E-state index in [0.29, 0.717) is 16.9 Å². The Morgan fingerprint density at radius 3 is 2.65 bits per heavy atom. The zero-order chi connectivity index (χ0) is 14.4. The molecule has 0 fully saturated rings. The Hall–Kier alpha value is -2.38. The maximum absolute atomic E-state index is 13.8. The Labute approximate surface area is 116 Å². The first-order valence-corrected chi connectivity index (χ1v) is 6.05. The van der Waals surface area contributed by atoms with E-state index in [1.165, 1.54) is 24.3 Å². The third-order valence-electron chi connectivity index (χ3n) is 2.58. The maximum Gasteiger partial charge on any atom is 0.131 e. The summed E-state index contributed by atoms with van der Waals surface area (Å²) in [6.45, 7) is 0.256. The van der Waals surface area contributed by atoms with E-state index in [0.717, 1.165) is 0 Å². The summed E-state index contributed by atoms with van der Waals surface area (Å²) in [5, 5.41) is 0. The topological polar surface area (TPSA) is 35.2 Å². The minimum absolute atomic E-state index is 0.0277. The van der Waals surface area contributed by atoms with Crippen LogP contribution in [0.15, 0.2) is 42.5 Å². The highest BCUT2D eigenvalue weighted by atomic mass is 19.1. The van der Waals surface area contributed by atoms with Gasteiger partial charge in [0.05, 0.1) is 6.54 Å². The number of rotatable bonds is 3. The summed E-state index contributed by atoms with van der Waals surface area (Å²) in [4.78, 5) is 0. The average Bonchev–Trinajstić information content (AvgIpc) is 2.44. The van der Waals surface area contributed by atoms with Crippen molar-refractivity contribution >= 4 is 0 Å². The summed E-state index contributed by atoms with van der Waals surface area (Å²) in [5.41, 5.74) is 6.19. The van der Waals surface area contributed by atoms with Crippen molar-refractivity contribution in [3.05, 3.63) is 65.2 Å². The van der Waals surface area contributed by atoms with Gasteiger partial charge in [-0.3, -0.25) is 0 Å². The van der Waals surface area contributed by atoms with Crippen molar-refractivity contribution in [3.63, 3.8) is 0 Å². The quantitative estimate of drug-likeness (QED) is 0.873. The van der Waals surface area contributed by atoms with Crippen LogP contribution < -0.4 is 10.5 Å². The number of ether oxygens (including phenoxy) is 1. The predicted octanol–water partition coefficient (Wildman–Crippen LogP) is 2.85. The molecule has 2 N–H and O–H groups in total. The lowest BCUT2D eigenvalue weighted by Crippen LogP contribution is -1.99. The minimum Gasteiger partial charge on any atom is -0.489 e. The summed E-state index contributed by atoms with van der Waals surface area (Å²) >= 11 is 0. The number of benzene rings is 2. The van der Waals surface area contributed by atoms with Crippen molar-refractivity contribution in [2.24, 2.45) is 5.73 Å². The zero-order valence-electron chi connectivity index (χ0n) is 10.7. The first kappa shape index (κ1) is 14.0. The van der Waals surface area contributed by atoms with Gasteiger partial charge in [0.25, 0.3) is 0 Å².